The summed E-state index contributed by atoms with van der Waals surface area (Å²) in [6.07, 6.45) is 5.79. The van der Waals surface area contributed by atoms with Gasteiger partial charge >= 0.3 is 0 Å². The van der Waals surface area contributed by atoms with Crippen molar-refractivity contribution in [1.29, 1.82) is 0 Å². The number of rotatable bonds is 5. The van der Waals surface area contributed by atoms with Gasteiger partial charge in [-0.15, -0.1) is 0 Å². The summed E-state index contributed by atoms with van der Waals surface area (Å²) in [5, 5.41) is 3.77. The summed E-state index contributed by atoms with van der Waals surface area (Å²) in [7, 11) is 0. The summed E-state index contributed by atoms with van der Waals surface area (Å²) in [5.41, 5.74) is 3.89. The lowest BCUT2D eigenvalue weighted by Crippen LogP contribution is -2.29. The van der Waals surface area contributed by atoms with Gasteiger partial charge in [-0.05, 0) is 67.6 Å². The molecule has 2 aliphatic rings. The Morgan fingerprint density at radius 2 is 1.68 bits per heavy atom. The molecule has 0 aromatic heterocycles. The van der Waals surface area contributed by atoms with Crippen molar-refractivity contribution in [3.05, 3.63) is 65.7 Å². The molecule has 0 bridgehead atoms. The third-order valence-electron chi connectivity index (χ3n) is 5.20. The molecule has 3 nitrogen and oxygen atoms in total. The molecular formula is C22H25NO2. The summed E-state index contributed by atoms with van der Waals surface area (Å²) < 4.78 is 11.3. The predicted octanol–water partition coefficient (Wildman–Crippen LogP) is 5.31. The zero-order chi connectivity index (χ0) is 17.2. The molecule has 0 radical (unpaired) electrons. The van der Waals surface area contributed by atoms with Crippen LogP contribution in [0, 0.1) is 5.92 Å². The van der Waals surface area contributed by atoms with E-state index in [1.54, 1.807) is 0 Å². The summed E-state index contributed by atoms with van der Waals surface area (Å²) >= 11 is 0. The minimum Gasteiger partial charge on any atom is -0.494 e. The van der Waals surface area contributed by atoms with Crippen LogP contribution in [0.15, 0.2) is 54.6 Å². The largest absolute Gasteiger partial charge is 0.494 e. The first-order valence-electron chi connectivity index (χ1n) is 9.23. The highest BCUT2D eigenvalue weighted by atomic mass is 16.5. The first-order valence-corrected chi connectivity index (χ1v) is 9.23. The molecule has 1 aliphatic heterocycles. The third kappa shape index (κ3) is 2.99. The van der Waals surface area contributed by atoms with Crippen molar-refractivity contribution in [2.75, 3.05) is 18.5 Å². The Kier molecular flexibility index (Phi) is 4.39. The summed E-state index contributed by atoms with van der Waals surface area (Å²) in [6, 6.07) is 15.3. The normalized spacial score (nSPS) is 23.5. The fourth-order valence-corrected chi connectivity index (χ4v) is 4.10. The second-order valence-corrected chi connectivity index (χ2v) is 6.66. The van der Waals surface area contributed by atoms with Crippen LogP contribution in [0.4, 0.5) is 5.69 Å². The Morgan fingerprint density at radius 3 is 2.44 bits per heavy atom. The maximum absolute atomic E-state index is 5.70. The minimum absolute atomic E-state index is 0.320. The summed E-state index contributed by atoms with van der Waals surface area (Å²) in [5.74, 6) is 2.89. The Balaban J connectivity index is 1.65. The topological polar surface area (TPSA) is 30.5 Å². The Bertz CT molecular complexity index is 766. The van der Waals surface area contributed by atoms with Crippen molar-refractivity contribution < 1.29 is 9.47 Å². The van der Waals surface area contributed by atoms with E-state index < -0.39 is 0 Å². The molecule has 3 atom stereocenters. The molecule has 3 heteroatoms. The molecule has 0 spiro atoms. The van der Waals surface area contributed by atoms with Gasteiger partial charge in [-0.25, -0.2) is 0 Å². The minimum atomic E-state index is 0.320. The van der Waals surface area contributed by atoms with E-state index >= 15 is 0 Å². The van der Waals surface area contributed by atoms with Gasteiger partial charge in [0, 0.05) is 11.6 Å². The highest BCUT2D eigenvalue weighted by Crippen LogP contribution is 2.50. The monoisotopic (exact) mass is 335 g/mol. The van der Waals surface area contributed by atoms with Crippen molar-refractivity contribution in [1.82, 2.24) is 0 Å². The van der Waals surface area contributed by atoms with Gasteiger partial charge in [0.1, 0.15) is 11.5 Å². The molecule has 3 unspecified atom stereocenters. The molecule has 0 fully saturated rings. The van der Waals surface area contributed by atoms with Crippen LogP contribution in [-0.2, 0) is 0 Å². The van der Waals surface area contributed by atoms with Crippen molar-refractivity contribution in [3.63, 3.8) is 0 Å². The predicted molar refractivity (Wildman–Crippen MR) is 102 cm³/mol. The van der Waals surface area contributed by atoms with Crippen LogP contribution in [0.1, 0.15) is 43.4 Å². The van der Waals surface area contributed by atoms with Crippen LogP contribution in [-0.4, -0.2) is 13.2 Å². The molecule has 0 saturated heterocycles. The van der Waals surface area contributed by atoms with E-state index in [0.717, 1.165) is 17.9 Å². The first kappa shape index (κ1) is 16.1. The van der Waals surface area contributed by atoms with Gasteiger partial charge in [0.05, 0.1) is 19.3 Å². The average molecular weight is 335 g/mol. The number of allylic oxidation sites excluding steroid dienone is 2. The molecule has 25 heavy (non-hydrogen) atoms. The van der Waals surface area contributed by atoms with Gasteiger partial charge in [-0.1, -0.05) is 24.3 Å². The molecule has 0 saturated carbocycles. The van der Waals surface area contributed by atoms with E-state index in [1.165, 1.54) is 16.8 Å². The van der Waals surface area contributed by atoms with Gasteiger partial charge in [0.15, 0.2) is 0 Å². The van der Waals surface area contributed by atoms with E-state index in [1.807, 2.05) is 13.8 Å². The average Bonchev–Trinajstić information content (AvgIpc) is 3.13. The van der Waals surface area contributed by atoms with Crippen molar-refractivity contribution >= 4 is 5.69 Å². The van der Waals surface area contributed by atoms with E-state index in [0.29, 0.717) is 31.1 Å². The van der Waals surface area contributed by atoms with E-state index in [-0.39, 0.29) is 0 Å². The second kappa shape index (κ2) is 6.83. The number of hydrogen-bond acceptors (Lipinski definition) is 3. The van der Waals surface area contributed by atoms with Crippen molar-refractivity contribution in [2.24, 2.45) is 5.92 Å². The fourth-order valence-electron chi connectivity index (χ4n) is 4.10. The number of hydrogen-bond donors (Lipinski definition) is 1. The van der Waals surface area contributed by atoms with Crippen molar-refractivity contribution in [2.45, 2.75) is 32.2 Å². The second-order valence-electron chi connectivity index (χ2n) is 6.66. The van der Waals surface area contributed by atoms with Gasteiger partial charge in [-0.3, -0.25) is 0 Å². The molecule has 130 valence electrons. The van der Waals surface area contributed by atoms with Gasteiger partial charge in [-0.2, -0.15) is 0 Å². The lowest BCUT2D eigenvalue weighted by molar-refractivity contribution is 0.338. The quantitative estimate of drug-likeness (QED) is 0.751. The van der Waals surface area contributed by atoms with Gasteiger partial charge in [0.2, 0.25) is 0 Å². The summed E-state index contributed by atoms with van der Waals surface area (Å²) in [6.45, 7) is 5.44. The van der Waals surface area contributed by atoms with E-state index in [4.69, 9.17) is 9.47 Å². The van der Waals surface area contributed by atoms with Crippen LogP contribution in [0.25, 0.3) is 0 Å². The Hall–Kier alpha value is -2.42. The molecule has 1 aliphatic carbocycles. The molecule has 4 rings (SSSR count). The molecule has 2 aromatic carbocycles. The van der Waals surface area contributed by atoms with Crippen LogP contribution < -0.4 is 14.8 Å². The standard InChI is InChI=1S/C22H25NO2/c1-3-24-16-10-8-15(9-11-16)22-19-7-5-6-18(19)20-14-17(25-4-2)12-13-21(20)23-22/h5-6,8-14,18-19,22-23H,3-4,7H2,1-2H3. The first-order chi connectivity index (χ1) is 12.3. The van der Waals surface area contributed by atoms with Crippen LogP contribution >= 0.6 is 0 Å². The maximum Gasteiger partial charge on any atom is 0.119 e. The number of ether oxygens (including phenoxy) is 2. The maximum atomic E-state index is 5.70. The van der Waals surface area contributed by atoms with Crippen LogP contribution in [0.2, 0.25) is 0 Å². The Morgan fingerprint density at radius 1 is 0.960 bits per heavy atom. The lowest BCUT2D eigenvalue weighted by Gasteiger charge is -2.37. The van der Waals surface area contributed by atoms with Crippen LogP contribution in [0.3, 0.4) is 0 Å². The number of anilines is 1. The van der Waals surface area contributed by atoms with E-state index in [9.17, 15) is 0 Å². The number of nitrogens with one attached hydrogen (secondary N) is 1. The van der Waals surface area contributed by atoms with Crippen molar-refractivity contribution in [3.8, 4) is 11.5 Å². The zero-order valence-electron chi connectivity index (χ0n) is 14.9. The SMILES string of the molecule is CCOc1ccc(C2Nc3ccc(OCC)cc3C3C=CCC32)cc1. The fraction of sp³-hybridized carbons (Fsp3) is 0.364. The summed E-state index contributed by atoms with van der Waals surface area (Å²) in [4.78, 5) is 0. The zero-order valence-corrected chi connectivity index (χ0v) is 14.9. The van der Waals surface area contributed by atoms with Gasteiger partial charge in [0.25, 0.3) is 0 Å². The molecule has 2 aromatic rings. The highest BCUT2D eigenvalue weighted by molar-refractivity contribution is 5.61. The van der Waals surface area contributed by atoms with Crippen LogP contribution in [0.5, 0.6) is 11.5 Å². The van der Waals surface area contributed by atoms with E-state index in [2.05, 4.69) is 59.9 Å². The molecule has 0 amide bonds. The smallest absolute Gasteiger partial charge is 0.119 e. The number of benzene rings is 2. The molecule has 1 heterocycles. The number of fused-ring (bicyclic) bond motifs is 3. The molecular weight excluding hydrogens is 310 g/mol. The lowest BCUT2D eigenvalue weighted by atomic mass is 9.77. The molecule has 1 N–H and O–H groups in total. The third-order valence-corrected chi connectivity index (χ3v) is 5.20. The highest BCUT2D eigenvalue weighted by Gasteiger charge is 2.38. The Labute approximate surface area is 149 Å². The van der Waals surface area contributed by atoms with Gasteiger partial charge < -0.3 is 14.8 Å².